The SMILES string of the molecule is CCC(OC)C(C)C1OC1C(OC(=O)N1CC=C(c2ccccn2)CC1)C(C)/C=C/C=C(\C)C1OC(=O)CC(O)CCC(C)(O)C(OC(C)=O)/C=C/C1C. The lowest BCUT2D eigenvalue weighted by Gasteiger charge is -2.32. The lowest BCUT2D eigenvalue weighted by Crippen LogP contribution is -2.42. The number of allylic oxidation sites excluding steroid dienone is 2. The van der Waals surface area contributed by atoms with Crippen LogP contribution >= 0.6 is 0 Å². The van der Waals surface area contributed by atoms with Crippen LogP contribution in [0.4, 0.5) is 4.79 Å². The van der Waals surface area contributed by atoms with Gasteiger partial charge < -0.3 is 38.8 Å². The predicted molar refractivity (Wildman–Crippen MR) is 204 cm³/mol. The first kappa shape index (κ1) is 42.9. The van der Waals surface area contributed by atoms with Gasteiger partial charge in [-0.2, -0.15) is 0 Å². The Hall–Kier alpha value is -3.84. The summed E-state index contributed by atoms with van der Waals surface area (Å²) in [6.07, 6.45) is 10.2. The molecule has 298 valence electrons. The van der Waals surface area contributed by atoms with Crippen LogP contribution < -0.4 is 0 Å². The summed E-state index contributed by atoms with van der Waals surface area (Å²) >= 11 is 0. The van der Waals surface area contributed by atoms with Crippen LogP contribution in [-0.2, 0) is 33.3 Å². The van der Waals surface area contributed by atoms with E-state index in [2.05, 4.69) is 18.8 Å². The molecule has 12 heteroatoms. The first-order valence-electron chi connectivity index (χ1n) is 19.2. The van der Waals surface area contributed by atoms with Crippen molar-refractivity contribution in [3.05, 3.63) is 72.1 Å². The monoisotopic (exact) mass is 752 g/mol. The van der Waals surface area contributed by atoms with E-state index in [4.69, 9.17) is 23.7 Å². The fourth-order valence-corrected chi connectivity index (χ4v) is 7.29. The van der Waals surface area contributed by atoms with E-state index in [0.29, 0.717) is 19.5 Å². The van der Waals surface area contributed by atoms with Crippen molar-refractivity contribution in [3.63, 3.8) is 0 Å². The molecule has 11 atom stereocenters. The Balaban J connectivity index is 1.53. The molecule has 0 aliphatic carbocycles. The smallest absolute Gasteiger partial charge is 0.410 e. The molecule has 3 aliphatic rings. The summed E-state index contributed by atoms with van der Waals surface area (Å²) < 4.78 is 29.5. The van der Waals surface area contributed by atoms with Gasteiger partial charge in [0.05, 0.1) is 30.4 Å². The van der Waals surface area contributed by atoms with Gasteiger partial charge in [0.1, 0.15) is 30.0 Å². The summed E-state index contributed by atoms with van der Waals surface area (Å²) in [6.45, 7) is 13.6. The number of epoxide rings is 1. The molecule has 1 fully saturated rings. The molecule has 11 unspecified atom stereocenters. The number of aliphatic hydroxyl groups excluding tert-OH is 1. The van der Waals surface area contributed by atoms with Crippen LogP contribution in [0, 0.1) is 17.8 Å². The third kappa shape index (κ3) is 11.8. The van der Waals surface area contributed by atoms with Crippen molar-refractivity contribution in [2.45, 2.75) is 129 Å². The third-order valence-corrected chi connectivity index (χ3v) is 10.8. The average Bonchev–Trinajstić information content (AvgIpc) is 3.94. The normalized spacial score (nSPS) is 31.1. The molecule has 2 N–H and O–H groups in total. The molecule has 1 saturated heterocycles. The Morgan fingerprint density at radius 2 is 1.94 bits per heavy atom. The third-order valence-electron chi connectivity index (χ3n) is 10.8. The highest BCUT2D eigenvalue weighted by Gasteiger charge is 2.53. The Morgan fingerprint density at radius 1 is 1.19 bits per heavy atom. The number of pyridine rings is 1. The average molecular weight is 753 g/mol. The van der Waals surface area contributed by atoms with Crippen LogP contribution in [0.25, 0.3) is 5.57 Å². The van der Waals surface area contributed by atoms with E-state index in [-0.39, 0.29) is 55.3 Å². The lowest BCUT2D eigenvalue weighted by atomic mass is 9.88. The Kier molecular flexibility index (Phi) is 15.6. The highest BCUT2D eigenvalue weighted by atomic mass is 16.6. The lowest BCUT2D eigenvalue weighted by molar-refractivity contribution is -0.157. The molecule has 12 nitrogen and oxygen atoms in total. The van der Waals surface area contributed by atoms with Crippen molar-refractivity contribution in [2.24, 2.45) is 17.8 Å². The molecule has 4 rings (SSSR count). The number of rotatable bonds is 12. The Bertz CT molecular complexity index is 1530. The van der Waals surface area contributed by atoms with Crippen molar-refractivity contribution in [1.29, 1.82) is 0 Å². The molecule has 0 spiro atoms. The summed E-state index contributed by atoms with van der Waals surface area (Å²) in [5.74, 6) is -1.63. The largest absolute Gasteiger partial charge is 0.457 e. The van der Waals surface area contributed by atoms with Crippen molar-refractivity contribution >= 4 is 23.6 Å². The van der Waals surface area contributed by atoms with Gasteiger partial charge in [-0.3, -0.25) is 14.6 Å². The number of nitrogens with zero attached hydrogens (tertiary/aromatic N) is 2. The maximum atomic E-state index is 13.6. The maximum Gasteiger partial charge on any atom is 0.410 e. The summed E-state index contributed by atoms with van der Waals surface area (Å²) in [6, 6.07) is 5.80. The molecule has 4 heterocycles. The van der Waals surface area contributed by atoms with E-state index >= 15 is 0 Å². The van der Waals surface area contributed by atoms with Crippen LogP contribution in [0.1, 0.15) is 86.3 Å². The van der Waals surface area contributed by atoms with Crippen LogP contribution in [0.5, 0.6) is 0 Å². The highest BCUT2D eigenvalue weighted by molar-refractivity contribution is 5.72. The minimum Gasteiger partial charge on any atom is -0.457 e. The van der Waals surface area contributed by atoms with Crippen molar-refractivity contribution in [1.82, 2.24) is 9.88 Å². The fraction of sp³-hybridized carbons (Fsp3) is 0.619. The van der Waals surface area contributed by atoms with Crippen LogP contribution in [0.3, 0.4) is 0 Å². The number of methoxy groups -OCH3 is 1. The van der Waals surface area contributed by atoms with Gasteiger partial charge in [-0.1, -0.05) is 64.1 Å². The summed E-state index contributed by atoms with van der Waals surface area (Å²) in [5, 5.41) is 21.7. The zero-order valence-electron chi connectivity index (χ0n) is 33.1. The number of hydrogen-bond acceptors (Lipinski definition) is 11. The van der Waals surface area contributed by atoms with Crippen LogP contribution in [0.2, 0.25) is 0 Å². The Morgan fingerprint density at radius 3 is 2.57 bits per heavy atom. The maximum absolute atomic E-state index is 13.6. The highest BCUT2D eigenvalue weighted by Crippen LogP contribution is 2.39. The number of carbonyl (C=O) groups is 3. The molecule has 1 amide bonds. The standard InChI is InChI=1S/C42H60N2O10/c1-9-34(50-8)29(5)39-40(53-39)38(54-41(48)44-23-19-31(20-24-44)33-15-10-11-22-43-33)27(3)14-12-13-26(2)37-28(4)16-17-35(51-30(6)45)42(7,49)21-18-32(46)25-36(47)52-37/h10-17,19,22,27-29,32,34-35,37-40,46,49H,9,18,20-21,23-25H2,1-8H3/b14-12+,17-16+,26-13+. The molecule has 1 aromatic heterocycles. The second-order valence-electron chi connectivity index (χ2n) is 15.2. The van der Waals surface area contributed by atoms with Gasteiger partial charge in [0, 0.05) is 51.1 Å². The first-order valence-corrected chi connectivity index (χ1v) is 19.2. The quantitative estimate of drug-likeness (QED) is 0.0852. The van der Waals surface area contributed by atoms with Gasteiger partial charge in [0.15, 0.2) is 0 Å². The van der Waals surface area contributed by atoms with E-state index < -0.39 is 48.0 Å². The number of cyclic esters (lactones) is 1. The first-order chi connectivity index (χ1) is 25.6. The van der Waals surface area contributed by atoms with E-state index in [1.807, 2.05) is 63.3 Å². The van der Waals surface area contributed by atoms with Crippen molar-refractivity contribution in [3.8, 4) is 0 Å². The Labute approximate surface area is 320 Å². The number of hydrogen-bond donors (Lipinski definition) is 2. The van der Waals surface area contributed by atoms with Gasteiger partial charge >= 0.3 is 18.0 Å². The van der Waals surface area contributed by atoms with Crippen molar-refractivity contribution in [2.75, 3.05) is 20.2 Å². The minimum absolute atomic E-state index is 0.00580. The molecule has 54 heavy (non-hydrogen) atoms. The zero-order valence-corrected chi connectivity index (χ0v) is 33.1. The molecule has 1 aromatic rings. The van der Waals surface area contributed by atoms with E-state index in [1.54, 1.807) is 37.3 Å². The molecule has 0 radical (unpaired) electrons. The second-order valence-corrected chi connectivity index (χ2v) is 15.2. The van der Waals surface area contributed by atoms with E-state index in [1.165, 1.54) is 6.92 Å². The summed E-state index contributed by atoms with van der Waals surface area (Å²) in [5.41, 5.74) is 1.28. The van der Waals surface area contributed by atoms with E-state index in [9.17, 15) is 24.6 Å². The number of amides is 1. The van der Waals surface area contributed by atoms with Crippen LogP contribution in [-0.4, -0.2) is 107 Å². The van der Waals surface area contributed by atoms with E-state index in [0.717, 1.165) is 23.3 Å². The van der Waals surface area contributed by atoms with Crippen LogP contribution in [0.15, 0.2) is 66.4 Å². The second kappa shape index (κ2) is 19.7. The van der Waals surface area contributed by atoms with Gasteiger partial charge in [-0.05, 0) is 68.9 Å². The number of ether oxygens (including phenoxy) is 5. The number of aliphatic hydroxyl groups is 2. The van der Waals surface area contributed by atoms with Gasteiger partial charge in [0.2, 0.25) is 0 Å². The minimum atomic E-state index is -1.46. The number of carbonyl (C=O) groups excluding carboxylic acids is 3. The molecule has 3 aliphatic heterocycles. The number of esters is 2. The topological polar surface area (TPSA) is 157 Å². The fourth-order valence-electron chi connectivity index (χ4n) is 7.29. The number of aromatic nitrogens is 1. The van der Waals surface area contributed by atoms with Gasteiger partial charge in [-0.25, -0.2) is 4.79 Å². The van der Waals surface area contributed by atoms with Gasteiger partial charge in [0.25, 0.3) is 0 Å². The predicted octanol–water partition coefficient (Wildman–Crippen LogP) is 5.97. The molecular weight excluding hydrogens is 692 g/mol. The summed E-state index contributed by atoms with van der Waals surface area (Å²) in [7, 11) is 1.70. The molecule has 0 aromatic carbocycles. The molecule has 0 bridgehead atoms. The van der Waals surface area contributed by atoms with Crippen molar-refractivity contribution < 1.29 is 48.3 Å². The molecule has 0 saturated carbocycles. The molecular formula is C42H60N2O10. The summed E-state index contributed by atoms with van der Waals surface area (Å²) in [4.78, 5) is 44.5. The zero-order chi connectivity index (χ0) is 39.6. The van der Waals surface area contributed by atoms with Gasteiger partial charge in [-0.15, -0.1) is 0 Å².